The van der Waals surface area contributed by atoms with Gasteiger partial charge in [-0.2, -0.15) is 0 Å². The van der Waals surface area contributed by atoms with E-state index in [1.54, 1.807) is 18.2 Å². The zero-order valence-corrected chi connectivity index (χ0v) is 13.9. The molecular weight excluding hydrogens is 298 g/mol. The summed E-state index contributed by atoms with van der Waals surface area (Å²) in [5, 5.41) is 11.9. The van der Waals surface area contributed by atoms with Crippen molar-refractivity contribution in [1.82, 2.24) is 5.32 Å². The molecule has 1 unspecified atom stereocenters. The van der Waals surface area contributed by atoms with Crippen molar-refractivity contribution in [3.8, 4) is 5.75 Å². The van der Waals surface area contributed by atoms with E-state index in [4.69, 9.17) is 4.74 Å². The lowest BCUT2D eigenvalue weighted by Crippen LogP contribution is -2.52. The molecule has 0 aromatic heterocycles. The summed E-state index contributed by atoms with van der Waals surface area (Å²) in [6, 6.07) is 4.85. The second kappa shape index (κ2) is 7.76. The fraction of sp³-hybridized carbons (Fsp3) is 0.471. The Balaban J connectivity index is 2.98. The maximum atomic E-state index is 12.2. The summed E-state index contributed by atoms with van der Waals surface area (Å²) in [5.74, 6) is -1.13. The van der Waals surface area contributed by atoms with Gasteiger partial charge in [0.15, 0.2) is 5.78 Å². The molecule has 0 bridgehead atoms. The van der Waals surface area contributed by atoms with Gasteiger partial charge in [-0.25, -0.2) is 4.79 Å². The smallest absolute Gasteiger partial charge is 0.329 e. The van der Waals surface area contributed by atoms with Crippen LogP contribution in [0.25, 0.3) is 0 Å². The maximum absolute atomic E-state index is 12.2. The van der Waals surface area contributed by atoms with E-state index < -0.39 is 17.4 Å². The molecule has 0 aliphatic carbocycles. The average molecular weight is 321 g/mol. The molecule has 6 nitrogen and oxygen atoms in total. The predicted octanol–water partition coefficient (Wildman–Crippen LogP) is 2.20. The van der Waals surface area contributed by atoms with E-state index in [2.05, 4.69) is 5.32 Å². The Labute approximate surface area is 135 Å². The van der Waals surface area contributed by atoms with Gasteiger partial charge in [0.2, 0.25) is 5.91 Å². The number of methoxy groups -OCH3 is 1. The highest BCUT2D eigenvalue weighted by molar-refractivity contribution is 5.95. The molecule has 23 heavy (non-hydrogen) atoms. The van der Waals surface area contributed by atoms with Gasteiger partial charge in [-0.3, -0.25) is 9.59 Å². The molecule has 0 aliphatic heterocycles. The summed E-state index contributed by atoms with van der Waals surface area (Å²) >= 11 is 0. The molecule has 0 spiro atoms. The lowest BCUT2D eigenvalue weighted by molar-refractivity contribution is -0.147. The minimum atomic E-state index is -1.31. The van der Waals surface area contributed by atoms with Gasteiger partial charge in [-0.15, -0.1) is 0 Å². The number of carboxylic acids is 1. The molecule has 1 amide bonds. The summed E-state index contributed by atoms with van der Waals surface area (Å²) < 4.78 is 5.20. The van der Waals surface area contributed by atoms with Crippen LogP contribution in [0.2, 0.25) is 0 Å². The number of Topliss-reactive ketones (excluding diaryl/α,β-unsaturated/α-hetero) is 1. The third kappa shape index (κ3) is 4.81. The number of rotatable bonds is 8. The fourth-order valence-electron chi connectivity index (χ4n) is 2.38. The summed E-state index contributed by atoms with van der Waals surface area (Å²) in [7, 11) is 1.47. The van der Waals surface area contributed by atoms with Gasteiger partial charge in [0.25, 0.3) is 0 Å². The van der Waals surface area contributed by atoms with Crippen molar-refractivity contribution < 1.29 is 24.2 Å². The number of carbonyl (C=O) groups is 3. The highest BCUT2D eigenvalue weighted by Crippen LogP contribution is 2.21. The van der Waals surface area contributed by atoms with Crippen molar-refractivity contribution in [3.63, 3.8) is 0 Å². The molecule has 1 atom stereocenters. The van der Waals surface area contributed by atoms with E-state index in [1.807, 2.05) is 6.92 Å². The van der Waals surface area contributed by atoms with Crippen LogP contribution in [-0.2, 0) is 16.0 Å². The first-order valence-corrected chi connectivity index (χ1v) is 7.45. The summed E-state index contributed by atoms with van der Waals surface area (Å²) in [6.45, 7) is 4.78. The Kier molecular flexibility index (Phi) is 6.30. The normalized spacial score (nSPS) is 13.0. The van der Waals surface area contributed by atoms with Crippen LogP contribution in [0.15, 0.2) is 18.2 Å². The number of hydrogen-bond donors (Lipinski definition) is 2. The quantitative estimate of drug-likeness (QED) is 0.716. The SMILES string of the molecule is CCCC(C)(NC(=O)Cc1cc(C(C)=O)ccc1OC)C(=O)O. The molecule has 1 rings (SSSR count). The summed E-state index contributed by atoms with van der Waals surface area (Å²) in [5.41, 5.74) is -0.290. The molecule has 1 aromatic rings. The molecule has 0 aliphatic rings. The van der Waals surface area contributed by atoms with Crippen LogP contribution in [-0.4, -0.2) is 35.4 Å². The zero-order chi connectivity index (χ0) is 17.6. The first-order valence-electron chi connectivity index (χ1n) is 7.45. The number of aliphatic carboxylic acids is 1. The zero-order valence-electron chi connectivity index (χ0n) is 13.9. The van der Waals surface area contributed by atoms with Crippen LogP contribution >= 0.6 is 0 Å². The van der Waals surface area contributed by atoms with E-state index in [0.29, 0.717) is 29.7 Å². The summed E-state index contributed by atoms with van der Waals surface area (Å²) in [4.78, 5) is 35.1. The number of amides is 1. The van der Waals surface area contributed by atoms with Crippen molar-refractivity contribution in [3.05, 3.63) is 29.3 Å². The van der Waals surface area contributed by atoms with Gasteiger partial charge in [0, 0.05) is 11.1 Å². The third-order valence-electron chi connectivity index (χ3n) is 3.68. The van der Waals surface area contributed by atoms with Gasteiger partial charge >= 0.3 is 5.97 Å². The molecule has 0 saturated carbocycles. The van der Waals surface area contributed by atoms with E-state index in [-0.39, 0.29) is 12.2 Å². The van der Waals surface area contributed by atoms with E-state index in [0.717, 1.165) is 0 Å². The highest BCUT2D eigenvalue weighted by atomic mass is 16.5. The van der Waals surface area contributed by atoms with Crippen LogP contribution < -0.4 is 10.1 Å². The Morgan fingerprint density at radius 2 is 1.96 bits per heavy atom. The molecule has 6 heteroatoms. The first-order chi connectivity index (χ1) is 10.7. The number of carboxylic acid groups (broad SMARTS) is 1. The lowest BCUT2D eigenvalue weighted by atomic mass is 9.95. The molecule has 0 fully saturated rings. The Hall–Kier alpha value is -2.37. The number of hydrogen-bond acceptors (Lipinski definition) is 4. The van der Waals surface area contributed by atoms with Crippen LogP contribution in [0.3, 0.4) is 0 Å². The van der Waals surface area contributed by atoms with E-state index in [9.17, 15) is 19.5 Å². The third-order valence-corrected chi connectivity index (χ3v) is 3.68. The van der Waals surface area contributed by atoms with Crippen molar-refractivity contribution in [1.29, 1.82) is 0 Å². The lowest BCUT2D eigenvalue weighted by Gasteiger charge is -2.26. The Bertz CT molecular complexity index is 611. The van der Waals surface area contributed by atoms with Gasteiger partial charge in [0.1, 0.15) is 11.3 Å². The minimum Gasteiger partial charge on any atom is -0.496 e. The molecular formula is C17H23NO5. The molecule has 0 heterocycles. The number of carbonyl (C=O) groups excluding carboxylic acids is 2. The second-order valence-electron chi connectivity index (χ2n) is 5.70. The van der Waals surface area contributed by atoms with Crippen molar-refractivity contribution >= 4 is 17.7 Å². The van der Waals surface area contributed by atoms with Crippen LogP contribution in [0.5, 0.6) is 5.75 Å². The van der Waals surface area contributed by atoms with E-state index >= 15 is 0 Å². The van der Waals surface area contributed by atoms with Gasteiger partial charge in [0.05, 0.1) is 13.5 Å². The van der Waals surface area contributed by atoms with E-state index in [1.165, 1.54) is 21.0 Å². The minimum absolute atomic E-state index is 0.0587. The highest BCUT2D eigenvalue weighted by Gasteiger charge is 2.33. The fourth-order valence-corrected chi connectivity index (χ4v) is 2.38. The van der Waals surface area contributed by atoms with Crippen LogP contribution in [0, 0.1) is 0 Å². The second-order valence-corrected chi connectivity index (χ2v) is 5.70. The molecule has 1 aromatic carbocycles. The predicted molar refractivity (Wildman–Crippen MR) is 85.8 cm³/mol. The van der Waals surface area contributed by atoms with Crippen molar-refractivity contribution in [2.45, 2.75) is 45.6 Å². The molecule has 0 saturated heterocycles. The van der Waals surface area contributed by atoms with Crippen LogP contribution in [0.1, 0.15) is 49.5 Å². The topological polar surface area (TPSA) is 92.7 Å². The molecule has 126 valence electrons. The monoisotopic (exact) mass is 321 g/mol. The van der Waals surface area contributed by atoms with Gasteiger partial charge < -0.3 is 15.2 Å². The number of benzene rings is 1. The number of ether oxygens (including phenoxy) is 1. The summed E-state index contributed by atoms with van der Waals surface area (Å²) in [6.07, 6.45) is 0.905. The largest absolute Gasteiger partial charge is 0.496 e. The van der Waals surface area contributed by atoms with Crippen molar-refractivity contribution in [2.24, 2.45) is 0 Å². The molecule has 2 N–H and O–H groups in total. The number of ketones is 1. The number of nitrogens with one attached hydrogen (secondary N) is 1. The van der Waals surface area contributed by atoms with Gasteiger partial charge in [-0.1, -0.05) is 13.3 Å². The standard InChI is InChI=1S/C17H23NO5/c1-5-8-17(3,16(21)22)18-15(20)10-13-9-12(11(2)19)6-7-14(13)23-4/h6-7,9H,5,8,10H2,1-4H3,(H,18,20)(H,21,22). The Morgan fingerprint density at radius 1 is 1.30 bits per heavy atom. The molecule has 0 radical (unpaired) electrons. The van der Waals surface area contributed by atoms with Crippen molar-refractivity contribution in [2.75, 3.05) is 7.11 Å². The van der Waals surface area contributed by atoms with Crippen LogP contribution in [0.4, 0.5) is 0 Å². The maximum Gasteiger partial charge on any atom is 0.329 e. The first kappa shape index (κ1) is 18.7. The Morgan fingerprint density at radius 3 is 2.43 bits per heavy atom. The average Bonchev–Trinajstić information content (AvgIpc) is 2.46. The van der Waals surface area contributed by atoms with Gasteiger partial charge in [-0.05, 0) is 38.5 Å².